The fourth-order valence-electron chi connectivity index (χ4n) is 1.62. The molecule has 1 aromatic rings. The number of urea groups is 1. The number of carbonyl (C=O) groups excluding carboxylic acids is 3. The van der Waals surface area contributed by atoms with Crippen LogP contribution in [-0.4, -0.2) is 40.9 Å². The summed E-state index contributed by atoms with van der Waals surface area (Å²) >= 11 is 5.19. The smallest absolute Gasteiger partial charge is 0.319 e. The summed E-state index contributed by atoms with van der Waals surface area (Å²) in [5.74, 6) is -0.0409. The second-order valence-electron chi connectivity index (χ2n) is 4.00. The van der Waals surface area contributed by atoms with Crippen molar-refractivity contribution in [2.24, 2.45) is 0 Å². The molecule has 8 heteroatoms. The van der Waals surface area contributed by atoms with Crippen molar-refractivity contribution in [2.45, 2.75) is 4.90 Å². The predicted molar refractivity (Wildman–Crippen MR) is 80.3 cm³/mol. The van der Waals surface area contributed by atoms with Crippen LogP contribution >= 0.6 is 24.4 Å². The van der Waals surface area contributed by atoms with E-state index in [1.165, 1.54) is 0 Å². The van der Waals surface area contributed by atoms with Gasteiger partial charge in [-0.1, -0.05) is 23.9 Å². The van der Waals surface area contributed by atoms with E-state index >= 15 is 0 Å². The first-order valence-electron chi connectivity index (χ1n) is 5.88. The molecule has 0 atom stereocenters. The Kier molecular flexibility index (Phi) is 4.91. The number of anilines is 1. The minimum atomic E-state index is -0.404. The minimum absolute atomic E-state index is 0.179. The molecule has 1 aliphatic rings. The van der Waals surface area contributed by atoms with Crippen LogP contribution in [0.2, 0.25) is 0 Å². The summed E-state index contributed by atoms with van der Waals surface area (Å²) in [6.07, 6.45) is 0. The van der Waals surface area contributed by atoms with Gasteiger partial charge in [0.1, 0.15) is 0 Å². The molecule has 0 aliphatic carbocycles. The third kappa shape index (κ3) is 3.67. The van der Waals surface area contributed by atoms with Crippen molar-refractivity contribution in [3.8, 4) is 0 Å². The third-order valence-electron chi connectivity index (χ3n) is 2.61. The van der Waals surface area contributed by atoms with Gasteiger partial charge in [-0.2, -0.15) is 0 Å². The van der Waals surface area contributed by atoms with E-state index in [1.54, 1.807) is 18.2 Å². The van der Waals surface area contributed by atoms with Crippen LogP contribution in [0, 0.1) is 0 Å². The summed E-state index contributed by atoms with van der Waals surface area (Å²) in [7, 11) is 0. The van der Waals surface area contributed by atoms with E-state index in [9.17, 15) is 14.4 Å². The number of thiol groups is 1. The number of nitrogens with one attached hydrogen (secondary N) is 2. The molecule has 106 valence electrons. The van der Waals surface area contributed by atoms with Crippen LogP contribution in [0.25, 0.3) is 0 Å². The van der Waals surface area contributed by atoms with Crippen molar-refractivity contribution in [3.05, 3.63) is 24.3 Å². The first kappa shape index (κ1) is 14.7. The summed E-state index contributed by atoms with van der Waals surface area (Å²) in [6.45, 7) is 0.388. The highest BCUT2D eigenvalue weighted by Crippen LogP contribution is 2.19. The molecule has 0 bridgehead atoms. The van der Waals surface area contributed by atoms with Crippen LogP contribution in [0.15, 0.2) is 29.2 Å². The lowest BCUT2D eigenvalue weighted by Crippen LogP contribution is -2.39. The van der Waals surface area contributed by atoms with Crippen molar-refractivity contribution in [2.75, 3.05) is 24.2 Å². The Hall–Kier alpha value is -1.67. The highest BCUT2D eigenvalue weighted by atomic mass is 32.2. The first-order chi connectivity index (χ1) is 9.58. The molecule has 6 nitrogen and oxygen atoms in total. The largest absolute Gasteiger partial charge is 0.336 e. The molecule has 0 spiro atoms. The van der Waals surface area contributed by atoms with E-state index in [-0.39, 0.29) is 30.0 Å². The van der Waals surface area contributed by atoms with E-state index in [4.69, 9.17) is 0 Å². The fourth-order valence-corrected chi connectivity index (χ4v) is 2.59. The van der Waals surface area contributed by atoms with Gasteiger partial charge in [0.05, 0.1) is 11.4 Å². The zero-order valence-electron chi connectivity index (χ0n) is 10.5. The van der Waals surface area contributed by atoms with Crippen molar-refractivity contribution >= 4 is 47.3 Å². The van der Waals surface area contributed by atoms with E-state index in [2.05, 4.69) is 23.3 Å². The number of rotatable bonds is 4. The molecule has 0 radical (unpaired) electrons. The molecular weight excluding hydrogens is 298 g/mol. The summed E-state index contributed by atoms with van der Waals surface area (Å²) in [4.78, 5) is 36.1. The lowest BCUT2D eigenvalue weighted by Gasteiger charge is -2.14. The number of thioether (sulfide) groups is 1. The SMILES string of the molecule is O=C(NCCN1C(=O)CSC1=O)Nc1ccccc1S. The minimum Gasteiger partial charge on any atom is -0.336 e. The topological polar surface area (TPSA) is 78.5 Å². The Morgan fingerprint density at radius 1 is 1.35 bits per heavy atom. The van der Waals surface area contributed by atoms with Crippen LogP contribution in [0.5, 0.6) is 0 Å². The number of carbonyl (C=O) groups is 3. The van der Waals surface area contributed by atoms with Gasteiger partial charge < -0.3 is 10.6 Å². The molecular formula is C12H13N3O3S2. The number of imide groups is 1. The Balaban J connectivity index is 1.77. The molecule has 2 N–H and O–H groups in total. The normalized spacial score (nSPS) is 14.6. The standard InChI is InChI=1S/C12H13N3O3S2/c16-10-7-20-12(18)15(10)6-5-13-11(17)14-8-3-1-2-4-9(8)19/h1-4,19H,5-7H2,(H2,13,14,17). The van der Waals surface area contributed by atoms with Crippen LogP contribution in [0.3, 0.4) is 0 Å². The number of hydrogen-bond donors (Lipinski definition) is 3. The Bertz CT molecular complexity index is 535. The van der Waals surface area contributed by atoms with Crippen molar-refractivity contribution < 1.29 is 14.4 Å². The van der Waals surface area contributed by atoms with Gasteiger partial charge in [-0.25, -0.2) is 4.79 Å². The lowest BCUT2D eigenvalue weighted by molar-refractivity contribution is -0.124. The second-order valence-corrected chi connectivity index (χ2v) is 5.41. The number of hydrogen-bond acceptors (Lipinski definition) is 5. The number of nitrogens with zero attached hydrogens (tertiary/aromatic N) is 1. The lowest BCUT2D eigenvalue weighted by atomic mass is 10.3. The summed E-state index contributed by atoms with van der Waals surface area (Å²) < 4.78 is 0. The Morgan fingerprint density at radius 3 is 2.75 bits per heavy atom. The average Bonchev–Trinajstić information content (AvgIpc) is 2.73. The first-order valence-corrected chi connectivity index (χ1v) is 7.31. The maximum absolute atomic E-state index is 11.7. The zero-order chi connectivity index (χ0) is 14.5. The molecule has 1 heterocycles. The van der Waals surface area contributed by atoms with Gasteiger partial charge in [-0.05, 0) is 12.1 Å². The molecule has 20 heavy (non-hydrogen) atoms. The molecule has 1 aliphatic heterocycles. The summed E-state index contributed by atoms with van der Waals surface area (Å²) in [5.41, 5.74) is 0.595. The molecule has 1 fully saturated rings. The van der Waals surface area contributed by atoms with Crippen molar-refractivity contribution in [1.29, 1.82) is 0 Å². The van der Waals surface area contributed by atoms with Crippen molar-refractivity contribution in [3.63, 3.8) is 0 Å². The van der Waals surface area contributed by atoms with Gasteiger partial charge in [0.2, 0.25) is 5.91 Å². The Labute approximate surface area is 125 Å². The molecule has 1 aromatic carbocycles. The maximum Gasteiger partial charge on any atom is 0.319 e. The highest BCUT2D eigenvalue weighted by Gasteiger charge is 2.29. The highest BCUT2D eigenvalue weighted by molar-refractivity contribution is 8.14. The van der Waals surface area contributed by atoms with E-state index in [0.717, 1.165) is 16.7 Å². The van der Waals surface area contributed by atoms with Crippen LogP contribution < -0.4 is 10.6 Å². The fraction of sp³-hybridized carbons (Fsp3) is 0.250. The molecule has 1 saturated heterocycles. The van der Waals surface area contributed by atoms with Crippen LogP contribution in [0.4, 0.5) is 15.3 Å². The van der Waals surface area contributed by atoms with E-state index in [1.807, 2.05) is 6.07 Å². The summed E-state index contributed by atoms with van der Waals surface area (Å²) in [5, 5.41) is 4.96. The molecule has 0 saturated carbocycles. The maximum atomic E-state index is 11.7. The van der Waals surface area contributed by atoms with E-state index < -0.39 is 6.03 Å². The molecule has 2 rings (SSSR count). The molecule has 0 unspecified atom stereocenters. The number of para-hydroxylation sites is 1. The summed E-state index contributed by atoms with van der Waals surface area (Å²) in [6, 6.07) is 6.68. The number of benzene rings is 1. The van der Waals surface area contributed by atoms with Crippen LogP contribution in [0.1, 0.15) is 0 Å². The monoisotopic (exact) mass is 311 g/mol. The average molecular weight is 311 g/mol. The van der Waals surface area contributed by atoms with Gasteiger partial charge in [-0.15, -0.1) is 12.6 Å². The van der Waals surface area contributed by atoms with Gasteiger partial charge in [0.25, 0.3) is 5.24 Å². The predicted octanol–water partition coefficient (Wildman–Crippen LogP) is 1.79. The van der Waals surface area contributed by atoms with Crippen molar-refractivity contribution in [1.82, 2.24) is 10.2 Å². The zero-order valence-corrected chi connectivity index (χ0v) is 12.2. The van der Waals surface area contributed by atoms with Gasteiger partial charge in [0, 0.05) is 18.0 Å². The third-order valence-corrected chi connectivity index (χ3v) is 3.86. The van der Waals surface area contributed by atoms with E-state index in [0.29, 0.717) is 10.6 Å². The molecule has 4 amide bonds. The van der Waals surface area contributed by atoms with Gasteiger partial charge in [0.15, 0.2) is 0 Å². The second kappa shape index (κ2) is 6.67. The number of amides is 4. The molecule has 0 aromatic heterocycles. The Morgan fingerprint density at radius 2 is 2.10 bits per heavy atom. The quantitative estimate of drug-likeness (QED) is 0.741. The van der Waals surface area contributed by atoms with Gasteiger partial charge in [-0.3, -0.25) is 14.5 Å². The van der Waals surface area contributed by atoms with Gasteiger partial charge >= 0.3 is 6.03 Å². The van der Waals surface area contributed by atoms with Crippen LogP contribution in [-0.2, 0) is 4.79 Å².